The highest BCUT2D eigenvalue weighted by atomic mass is 16.1. The summed E-state index contributed by atoms with van der Waals surface area (Å²) in [6, 6.07) is 1.51. The maximum Gasteiger partial charge on any atom is 0.237 e. The van der Waals surface area contributed by atoms with Crippen molar-refractivity contribution in [1.82, 2.24) is 10.2 Å². The van der Waals surface area contributed by atoms with Crippen LogP contribution >= 0.6 is 0 Å². The second-order valence-corrected chi connectivity index (χ2v) is 7.80. The van der Waals surface area contributed by atoms with Crippen molar-refractivity contribution >= 4 is 5.91 Å². The van der Waals surface area contributed by atoms with Crippen LogP contribution in [0.3, 0.4) is 0 Å². The number of primary amides is 1. The SMILES string of the molecule is CC(C)CN(C(C)C)C1CCCC(NC2CC2)(C(N)=O)C1. The molecular weight excluding hydrogens is 262 g/mol. The number of nitrogens with one attached hydrogen (secondary N) is 1. The summed E-state index contributed by atoms with van der Waals surface area (Å²) in [6.07, 6.45) is 6.45. The van der Waals surface area contributed by atoms with E-state index < -0.39 is 5.54 Å². The van der Waals surface area contributed by atoms with E-state index in [0.29, 0.717) is 24.0 Å². The number of amides is 1. The Labute approximate surface area is 129 Å². The van der Waals surface area contributed by atoms with Crippen LogP contribution in [-0.4, -0.2) is 41.0 Å². The van der Waals surface area contributed by atoms with E-state index in [1.54, 1.807) is 0 Å². The van der Waals surface area contributed by atoms with E-state index in [2.05, 4.69) is 37.9 Å². The van der Waals surface area contributed by atoms with Gasteiger partial charge in [0.2, 0.25) is 5.91 Å². The Morgan fingerprint density at radius 2 is 1.95 bits per heavy atom. The molecule has 2 atom stereocenters. The summed E-state index contributed by atoms with van der Waals surface area (Å²) in [7, 11) is 0. The smallest absolute Gasteiger partial charge is 0.237 e. The van der Waals surface area contributed by atoms with Crippen LogP contribution < -0.4 is 11.1 Å². The molecule has 2 aliphatic carbocycles. The number of rotatable bonds is 7. The molecule has 2 saturated carbocycles. The van der Waals surface area contributed by atoms with Crippen LogP contribution in [0.15, 0.2) is 0 Å². The van der Waals surface area contributed by atoms with Gasteiger partial charge in [0.1, 0.15) is 0 Å². The number of carbonyl (C=O) groups excluding carboxylic acids is 1. The average Bonchev–Trinajstić information content (AvgIpc) is 3.19. The zero-order chi connectivity index (χ0) is 15.6. The lowest BCUT2D eigenvalue weighted by Gasteiger charge is -2.45. The van der Waals surface area contributed by atoms with Gasteiger partial charge in [-0.25, -0.2) is 0 Å². The molecule has 0 radical (unpaired) electrons. The summed E-state index contributed by atoms with van der Waals surface area (Å²) in [6.45, 7) is 10.2. The van der Waals surface area contributed by atoms with Crippen molar-refractivity contribution in [1.29, 1.82) is 0 Å². The molecule has 0 bridgehead atoms. The third-order valence-corrected chi connectivity index (χ3v) is 4.96. The van der Waals surface area contributed by atoms with Gasteiger partial charge in [-0.15, -0.1) is 0 Å². The number of nitrogens with two attached hydrogens (primary N) is 1. The van der Waals surface area contributed by atoms with Gasteiger partial charge in [-0.05, 0) is 58.3 Å². The standard InChI is InChI=1S/C17H33N3O/c1-12(2)11-20(13(3)4)15-6-5-9-17(10-15,16(18)21)19-14-7-8-14/h12-15,19H,5-11H2,1-4H3,(H2,18,21). The van der Waals surface area contributed by atoms with Crippen LogP contribution in [0.5, 0.6) is 0 Å². The highest BCUT2D eigenvalue weighted by Gasteiger charge is 2.45. The van der Waals surface area contributed by atoms with E-state index in [0.717, 1.165) is 25.8 Å². The molecule has 0 spiro atoms. The first kappa shape index (κ1) is 16.8. The Balaban J connectivity index is 2.10. The number of carbonyl (C=O) groups is 1. The fourth-order valence-corrected chi connectivity index (χ4v) is 3.78. The van der Waals surface area contributed by atoms with Gasteiger partial charge in [-0.2, -0.15) is 0 Å². The molecule has 0 aliphatic heterocycles. The number of nitrogens with zero attached hydrogens (tertiary/aromatic N) is 1. The van der Waals surface area contributed by atoms with Crippen molar-refractivity contribution < 1.29 is 4.79 Å². The van der Waals surface area contributed by atoms with Crippen molar-refractivity contribution in [3.05, 3.63) is 0 Å². The lowest BCUT2D eigenvalue weighted by Crippen LogP contribution is -2.62. The third-order valence-electron chi connectivity index (χ3n) is 4.96. The molecule has 1 amide bonds. The van der Waals surface area contributed by atoms with Crippen molar-refractivity contribution in [2.45, 2.75) is 89.9 Å². The second-order valence-electron chi connectivity index (χ2n) is 7.80. The zero-order valence-corrected chi connectivity index (χ0v) is 14.2. The van der Waals surface area contributed by atoms with Crippen molar-refractivity contribution in [2.75, 3.05) is 6.54 Å². The van der Waals surface area contributed by atoms with Crippen LogP contribution in [0, 0.1) is 5.92 Å². The largest absolute Gasteiger partial charge is 0.368 e. The van der Waals surface area contributed by atoms with Gasteiger partial charge in [-0.1, -0.05) is 13.8 Å². The molecule has 3 N–H and O–H groups in total. The third kappa shape index (κ3) is 4.19. The summed E-state index contributed by atoms with van der Waals surface area (Å²) in [4.78, 5) is 14.7. The van der Waals surface area contributed by atoms with E-state index in [1.807, 2.05) is 0 Å². The summed E-state index contributed by atoms with van der Waals surface area (Å²) >= 11 is 0. The Kier molecular flexibility index (Phi) is 5.31. The summed E-state index contributed by atoms with van der Waals surface area (Å²) in [5, 5.41) is 3.58. The summed E-state index contributed by atoms with van der Waals surface area (Å²) < 4.78 is 0. The van der Waals surface area contributed by atoms with E-state index in [4.69, 9.17) is 5.73 Å². The predicted octanol–water partition coefficient (Wildman–Crippen LogP) is 2.27. The maximum absolute atomic E-state index is 12.1. The molecule has 0 heterocycles. The minimum Gasteiger partial charge on any atom is -0.368 e. The minimum absolute atomic E-state index is 0.146. The second kappa shape index (κ2) is 6.66. The van der Waals surface area contributed by atoms with Crippen LogP contribution in [0.2, 0.25) is 0 Å². The van der Waals surface area contributed by atoms with Crippen LogP contribution in [0.1, 0.15) is 66.2 Å². The first-order chi connectivity index (χ1) is 9.84. The van der Waals surface area contributed by atoms with Gasteiger partial charge in [-0.3, -0.25) is 9.69 Å². The fourth-order valence-electron chi connectivity index (χ4n) is 3.78. The molecule has 0 aromatic carbocycles. The minimum atomic E-state index is -0.464. The van der Waals surface area contributed by atoms with Gasteiger partial charge in [0.25, 0.3) is 0 Å². The van der Waals surface area contributed by atoms with Gasteiger partial charge >= 0.3 is 0 Å². The van der Waals surface area contributed by atoms with Crippen molar-refractivity contribution in [3.8, 4) is 0 Å². The Hall–Kier alpha value is -0.610. The first-order valence-corrected chi connectivity index (χ1v) is 8.67. The van der Waals surface area contributed by atoms with Crippen LogP contribution in [0.4, 0.5) is 0 Å². The van der Waals surface area contributed by atoms with E-state index in [1.165, 1.54) is 19.3 Å². The average molecular weight is 295 g/mol. The van der Waals surface area contributed by atoms with Gasteiger partial charge < -0.3 is 11.1 Å². The number of hydrogen-bond acceptors (Lipinski definition) is 3. The molecule has 4 nitrogen and oxygen atoms in total. The summed E-state index contributed by atoms with van der Waals surface area (Å²) in [5.41, 5.74) is 5.33. The highest BCUT2D eigenvalue weighted by molar-refractivity contribution is 5.85. The first-order valence-electron chi connectivity index (χ1n) is 8.67. The van der Waals surface area contributed by atoms with E-state index in [9.17, 15) is 4.79 Å². The molecule has 2 rings (SSSR count). The topological polar surface area (TPSA) is 58.4 Å². The zero-order valence-electron chi connectivity index (χ0n) is 14.2. The lowest BCUT2D eigenvalue weighted by atomic mass is 9.77. The molecular formula is C17H33N3O. The van der Waals surface area contributed by atoms with Gasteiger partial charge in [0, 0.05) is 24.7 Å². The Morgan fingerprint density at radius 3 is 2.43 bits per heavy atom. The van der Waals surface area contributed by atoms with Crippen LogP contribution in [-0.2, 0) is 4.79 Å². The van der Waals surface area contributed by atoms with Crippen LogP contribution in [0.25, 0.3) is 0 Å². The predicted molar refractivity (Wildman–Crippen MR) is 87.0 cm³/mol. The molecule has 0 saturated heterocycles. The molecule has 122 valence electrons. The quantitative estimate of drug-likeness (QED) is 0.757. The maximum atomic E-state index is 12.1. The lowest BCUT2D eigenvalue weighted by molar-refractivity contribution is -0.127. The molecule has 0 aromatic heterocycles. The van der Waals surface area contributed by atoms with E-state index in [-0.39, 0.29) is 5.91 Å². The van der Waals surface area contributed by atoms with Gasteiger partial charge in [0.05, 0.1) is 5.54 Å². The molecule has 4 heteroatoms. The molecule has 2 fully saturated rings. The molecule has 2 aliphatic rings. The molecule has 2 unspecified atom stereocenters. The summed E-state index contributed by atoms with van der Waals surface area (Å²) in [5.74, 6) is 0.501. The van der Waals surface area contributed by atoms with Crippen molar-refractivity contribution in [2.24, 2.45) is 11.7 Å². The molecule has 21 heavy (non-hydrogen) atoms. The monoisotopic (exact) mass is 295 g/mol. The fraction of sp³-hybridized carbons (Fsp3) is 0.941. The normalized spacial score (nSPS) is 30.3. The molecule has 0 aromatic rings. The Morgan fingerprint density at radius 1 is 1.29 bits per heavy atom. The highest BCUT2D eigenvalue weighted by Crippen LogP contribution is 2.35. The number of hydrogen-bond donors (Lipinski definition) is 2. The van der Waals surface area contributed by atoms with Crippen molar-refractivity contribution in [3.63, 3.8) is 0 Å². The van der Waals surface area contributed by atoms with E-state index >= 15 is 0 Å². The Bertz CT molecular complexity index is 365. The van der Waals surface area contributed by atoms with Gasteiger partial charge in [0.15, 0.2) is 0 Å².